The maximum Gasteiger partial charge on any atom is 0.410 e. The van der Waals surface area contributed by atoms with Crippen molar-refractivity contribution in [3.8, 4) is 11.9 Å². The van der Waals surface area contributed by atoms with Crippen LogP contribution >= 0.6 is 11.6 Å². The molecule has 0 bridgehead atoms. The number of benzene rings is 3. The van der Waals surface area contributed by atoms with Crippen LogP contribution in [0.2, 0.25) is 5.02 Å². The fourth-order valence-corrected chi connectivity index (χ4v) is 4.19. The molecule has 34 heavy (non-hydrogen) atoms. The third-order valence-electron chi connectivity index (χ3n) is 5.54. The van der Waals surface area contributed by atoms with Gasteiger partial charge in [-0.15, -0.1) is 0 Å². The minimum atomic E-state index is -0.577. The van der Waals surface area contributed by atoms with Crippen LogP contribution in [0.25, 0.3) is 0 Å². The maximum absolute atomic E-state index is 13.2. The predicted molar refractivity (Wildman–Crippen MR) is 126 cm³/mol. The second-order valence-electron chi connectivity index (χ2n) is 7.72. The van der Waals surface area contributed by atoms with Crippen molar-refractivity contribution in [3.05, 3.63) is 100 Å². The molecule has 0 aliphatic carbocycles. The van der Waals surface area contributed by atoms with Gasteiger partial charge in [0.1, 0.15) is 12.4 Å². The average Bonchev–Trinajstić information content (AvgIpc) is 2.86. The quantitative estimate of drug-likeness (QED) is 0.415. The molecular weight excluding hydrogens is 454 g/mol. The lowest BCUT2D eigenvalue weighted by molar-refractivity contribution is -0.121. The van der Waals surface area contributed by atoms with E-state index in [2.05, 4.69) is 0 Å². The minimum Gasteiger partial charge on any atom is -0.483 e. The molecule has 0 saturated carbocycles. The smallest absolute Gasteiger partial charge is 0.410 e. The number of nitrogens with zero attached hydrogens (tertiary/aromatic N) is 2. The highest BCUT2D eigenvalue weighted by Crippen LogP contribution is 2.40. The zero-order valence-corrected chi connectivity index (χ0v) is 19.0. The second kappa shape index (κ2) is 10.7. The van der Waals surface area contributed by atoms with E-state index >= 15 is 0 Å². The Morgan fingerprint density at radius 2 is 1.82 bits per heavy atom. The van der Waals surface area contributed by atoms with Gasteiger partial charge in [-0.25, -0.2) is 4.79 Å². The standard InChI is InChI=1S/C26H22ClN3O4/c27-20-10-11-23(33-16-24(31)29-17-28)22(14-20)25-21-9-5-4-8-19(21)12-13-30(25)26(32)34-15-18-6-2-1-3-7-18/h1-11,14,25H,12-13,15-16H2,(H,29,31)/t25-/m0/s1. The van der Waals surface area contributed by atoms with E-state index in [0.29, 0.717) is 29.3 Å². The number of halogens is 1. The van der Waals surface area contributed by atoms with E-state index in [1.165, 1.54) is 0 Å². The number of hydrogen-bond donors (Lipinski definition) is 1. The zero-order valence-electron chi connectivity index (χ0n) is 18.2. The van der Waals surface area contributed by atoms with Gasteiger partial charge in [0.15, 0.2) is 12.8 Å². The summed E-state index contributed by atoms with van der Waals surface area (Å²) in [7, 11) is 0. The molecule has 1 heterocycles. The van der Waals surface area contributed by atoms with Gasteiger partial charge in [-0.2, -0.15) is 5.26 Å². The summed E-state index contributed by atoms with van der Waals surface area (Å²) in [4.78, 5) is 26.7. The van der Waals surface area contributed by atoms with Gasteiger partial charge in [-0.05, 0) is 41.3 Å². The van der Waals surface area contributed by atoms with Crippen LogP contribution in [-0.2, 0) is 22.6 Å². The number of nitriles is 1. The van der Waals surface area contributed by atoms with Crippen LogP contribution in [0.1, 0.15) is 28.3 Å². The second-order valence-corrected chi connectivity index (χ2v) is 8.15. The van der Waals surface area contributed by atoms with Crippen LogP contribution in [0.15, 0.2) is 72.8 Å². The van der Waals surface area contributed by atoms with Crippen molar-refractivity contribution in [3.63, 3.8) is 0 Å². The SMILES string of the molecule is N#CNC(=O)COc1ccc(Cl)cc1[C@@H]1c2ccccc2CCN1C(=O)OCc1ccccc1. The molecule has 0 saturated heterocycles. The Morgan fingerprint density at radius 3 is 2.62 bits per heavy atom. The third-order valence-corrected chi connectivity index (χ3v) is 5.78. The highest BCUT2D eigenvalue weighted by molar-refractivity contribution is 6.30. The van der Waals surface area contributed by atoms with Crippen LogP contribution in [0.4, 0.5) is 4.79 Å². The van der Waals surface area contributed by atoms with Crippen molar-refractivity contribution in [1.29, 1.82) is 5.26 Å². The molecule has 3 aromatic rings. The number of carbonyl (C=O) groups is 2. The van der Waals surface area contributed by atoms with Crippen LogP contribution < -0.4 is 10.1 Å². The van der Waals surface area contributed by atoms with E-state index in [4.69, 9.17) is 26.3 Å². The van der Waals surface area contributed by atoms with Crippen molar-refractivity contribution < 1.29 is 19.1 Å². The third kappa shape index (κ3) is 5.30. The van der Waals surface area contributed by atoms with Gasteiger partial charge in [-0.3, -0.25) is 15.0 Å². The van der Waals surface area contributed by atoms with Crippen molar-refractivity contribution in [2.45, 2.75) is 19.1 Å². The van der Waals surface area contributed by atoms with Gasteiger partial charge < -0.3 is 9.47 Å². The molecule has 8 heteroatoms. The summed E-state index contributed by atoms with van der Waals surface area (Å²) in [6.07, 6.45) is 1.80. The topological polar surface area (TPSA) is 91.7 Å². The van der Waals surface area contributed by atoms with Crippen LogP contribution in [0, 0.1) is 11.5 Å². The first-order chi connectivity index (χ1) is 16.6. The molecule has 172 valence electrons. The van der Waals surface area contributed by atoms with E-state index in [-0.39, 0.29) is 13.2 Å². The number of fused-ring (bicyclic) bond motifs is 1. The van der Waals surface area contributed by atoms with Gasteiger partial charge in [-0.1, -0.05) is 66.2 Å². The molecule has 1 atom stereocenters. The normalized spacial score (nSPS) is 14.5. The Kier molecular flexibility index (Phi) is 7.31. The summed E-state index contributed by atoms with van der Waals surface area (Å²) < 4.78 is 11.4. The summed E-state index contributed by atoms with van der Waals surface area (Å²) in [6.45, 7) is 0.239. The van der Waals surface area contributed by atoms with Crippen molar-refractivity contribution >= 4 is 23.6 Å². The predicted octanol–water partition coefficient (Wildman–Crippen LogP) is 4.60. The molecule has 0 spiro atoms. The van der Waals surface area contributed by atoms with Gasteiger partial charge in [0, 0.05) is 17.1 Å². The van der Waals surface area contributed by atoms with E-state index in [9.17, 15) is 9.59 Å². The first-order valence-corrected chi connectivity index (χ1v) is 11.1. The summed E-state index contributed by atoms with van der Waals surface area (Å²) in [5.41, 5.74) is 3.55. The number of rotatable bonds is 6. The number of ether oxygens (including phenoxy) is 2. The van der Waals surface area contributed by atoms with Crippen molar-refractivity contribution in [2.24, 2.45) is 0 Å². The average molecular weight is 476 g/mol. The summed E-state index contributed by atoms with van der Waals surface area (Å²) >= 11 is 6.33. The fraction of sp³-hybridized carbons (Fsp3) is 0.192. The van der Waals surface area contributed by atoms with Crippen LogP contribution in [0.3, 0.4) is 0 Å². The lowest BCUT2D eigenvalue weighted by Crippen LogP contribution is -2.41. The lowest BCUT2D eigenvalue weighted by Gasteiger charge is -2.37. The molecule has 4 rings (SSSR count). The van der Waals surface area contributed by atoms with Gasteiger partial charge in [0.25, 0.3) is 5.91 Å². The first kappa shape index (κ1) is 23.1. The Labute approximate surface area is 202 Å². The molecule has 1 N–H and O–H groups in total. The first-order valence-electron chi connectivity index (χ1n) is 10.7. The van der Waals surface area contributed by atoms with Crippen LogP contribution in [0.5, 0.6) is 5.75 Å². The molecule has 0 radical (unpaired) electrons. The Balaban J connectivity index is 1.67. The Bertz CT molecular complexity index is 1230. The van der Waals surface area contributed by atoms with E-state index in [1.807, 2.05) is 59.9 Å². The van der Waals surface area contributed by atoms with E-state index in [1.54, 1.807) is 29.3 Å². The number of carbonyl (C=O) groups excluding carboxylic acids is 2. The van der Waals surface area contributed by atoms with E-state index in [0.717, 1.165) is 16.7 Å². The summed E-state index contributed by atoms with van der Waals surface area (Å²) in [6, 6.07) is 21.8. The molecule has 1 aliphatic heterocycles. The van der Waals surface area contributed by atoms with Crippen molar-refractivity contribution in [2.75, 3.05) is 13.2 Å². The lowest BCUT2D eigenvalue weighted by atomic mass is 9.88. The number of hydrogen-bond acceptors (Lipinski definition) is 5. The van der Waals surface area contributed by atoms with Gasteiger partial charge in [0.05, 0.1) is 6.04 Å². The number of amides is 2. The molecule has 3 aromatic carbocycles. The molecule has 0 unspecified atom stereocenters. The Morgan fingerprint density at radius 1 is 1.06 bits per heavy atom. The highest BCUT2D eigenvalue weighted by atomic mass is 35.5. The number of nitrogens with one attached hydrogen (secondary N) is 1. The molecule has 2 amide bonds. The fourth-order valence-electron chi connectivity index (χ4n) is 4.01. The largest absolute Gasteiger partial charge is 0.483 e. The van der Waals surface area contributed by atoms with Crippen LogP contribution in [-0.4, -0.2) is 30.1 Å². The maximum atomic E-state index is 13.2. The van der Waals surface area contributed by atoms with E-state index < -0.39 is 18.0 Å². The molecule has 1 aliphatic rings. The molecule has 7 nitrogen and oxygen atoms in total. The summed E-state index contributed by atoms with van der Waals surface area (Å²) in [5.74, 6) is -0.188. The monoisotopic (exact) mass is 475 g/mol. The highest BCUT2D eigenvalue weighted by Gasteiger charge is 2.35. The van der Waals surface area contributed by atoms with Crippen molar-refractivity contribution in [1.82, 2.24) is 10.2 Å². The summed E-state index contributed by atoms with van der Waals surface area (Å²) in [5, 5.41) is 11.1. The Hall–Kier alpha value is -4.02. The molecule has 0 aromatic heterocycles. The molecular formula is C26H22ClN3O4. The van der Waals surface area contributed by atoms with Gasteiger partial charge >= 0.3 is 6.09 Å². The zero-order chi connectivity index (χ0) is 23.9. The molecule has 0 fully saturated rings. The van der Waals surface area contributed by atoms with Gasteiger partial charge in [0.2, 0.25) is 0 Å². The minimum absolute atomic E-state index is 0.151.